The SMILES string of the molecule is O=S(=O)(c1ccc(C2=C(c3ccc(CC4CN(CCCF)C4)cc3)c3ccccc3CCC2)cc1)C(F)(F)F. The molecular weight excluding hydrogens is 526 g/mol. The molecule has 1 aliphatic heterocycles. The van der Waals surface area contributed by atoms with Gasteiger partial charge in [-0.1, -0.05) is 60.7 Å². The van der Waals surface area contributed by atoms with Crippen LogP contribution in [-0.4, -0.2) is 45.1 Å². The molecule has 0 atom stereocenters. The number of hydrogen-bond acceptors (Lipinski definition) is 3. The largest absolute Gasteiger partial charge is 0.501 e. The second kappa shape index (κ2) is 11.3. The Kier molecular flexibility index (Phi) is 7.96. The third-order valence-corrected chi connectivity index (χ3v) is 9.19. The number of hydrogen-bond donors (Lipinski definition) is 0. The highest BCUT2D eigenvalue weighted by Gasteiger charge is 2.46. The molecule has 3 aromatic carbocycles. The van der Waals surface area contributed by atoms with E-state index in [1.54, 1.807) is 0 Å². The van der Waals surface area contributed by atoms with Gasteiger partial charge in [-0.2, -0.15) is 13.2 Å². The molecule has 0 N–H and O–H groups in total. The van der Waals surface area contributed by atoms with Crippen molar-refractivity contribution in [2.24, 2.45) is 5.92 Å². The molecule has 0 spiro atoms. The quantitative estimate of drug-likeness (QED) is 0.277. The van der Waals surface area contributed by atoms with Gasteiger partial charge in [-0.25, -0.2) is 8.42 Å². The number of likely N-dealkylation sites (tertiary alicyclic amines) is 1. The third-order valence-electron chi connectivity index (χ3n) is 7.69. The van der Waals surface area contributed by atoms with Gasteiger partial charge >= 0.3 is 5.51 Å². The van der Waals surface area contributed by atoms with Crippen LogP contribution in [0.5, 0.6) is 0 Å². The van der Waals surface area contributed by atoms with Crippen LogP contribution >= 0.6 is 0 Å². The Balaban J connectivity index is 1.47. The molecule has 3 aromatic rings. The maximum Gasteiger partial charge on any atom is 0.501 e. The zero-order valence-electron chi connectivity index (χ0n) is 21.6. The van der Waals surface area contributed by atoms with Crippen molar-refractivity contribution < 1.29 is 26.0 Å². The molecule has 1 fully saturated rings. The third kappa shape index (κ3) is 5.82. The summed E-state index contributed by atoms with van der Waals surface area (Å²) < 4.78 is 75.4. The van der Waals surface area contributed by atoms with E-state index in [4.69, 9.17) is 0 Å². The number of nitrogens with zero attached hydrogens (tertiary/aromatic N) is 1. The van der Waals surface area contributed by atoms with Gasteiger partial charge in [0.25, 0.3) is 9.84 Å². The molecule has 3 nitrogen and oxygen atoms in total. The van der Waals surface area contributed by atoms with Crippen molar-refractivity contribution >= 4 is 21.0 Å². The molecule has 0 unspecified atom stereocenters. The monoisotopic (exact) mass is 557 g/mol. The molecule has 1 heterocycles. The van der Waals surface area contributed by atoms with Crippen LogP contribution < -0.4 is 0 Å². The lowest BCUT2D eigenvalue weighted by Gasteiger charge is -2.39. The normalized spacial score (nSPS) is 17.0. The average Bonchev–Trinajstić information content (AvgIpc) is 3.09. The first-order valence-corrected chi connectivity index (χ1v) is 14.8. The van der Waals surface area contributed by atoms with E-state index < -0.39 is 20.2 Å². The van der Waals surface area contributed by atoms with E-state index in [1.165, 1.54) is 23.3 Å². The fraction of sp³-hybridized carbons (Fsp3) is 0.355. The molecule has 0 amide bonds. The smallest absolute Gasteiger partial charge is 0.303 e. The second-order valence-electron chi connectivity index (χ2n) is 10.4. The summed E-state index contributed by atoms with van der Waals surface area (Å²) >= 11 is 0. The molecule has 0 radical (unpaired) electrons. The van der Waals surface area contributed by atoms with Crippen molar-refractivity contribution in [3.8, 4) is 0 Å². The van der Waals surface area contributed by atoms with Gasteiger partial charge in [0.1, 0.15) is 0 Å². The number of fused-ring (bicyclic) bond motifs is 1. The fourth-order valence-corrected chi connectivity index (χ4v) is 6.49. The van der Waals surface area contributed by atoms with E-state index in [1.807, 2.05) is 12.1 Å². The number of alkyl halides is 4. The lowest BCUT2D eigenvalue weighted by molar-refractivity contribution is -0.0436. The summed E-state index contributed by atoms with van der Waals surface area (Å²) in [6.45, 7) is 2.51. The summed E-state index contributed by atoms with van der Waals surface area (Å²) in [5.74, 6) is 0.565. The molecule has 0 aromatic heterocycles. The van der Waals surface area contributed by atoms with Crippen LogP contribution in [0.1, 0.15) is 47.1 Å². The maximum absolute atomic E-state index is 13.1. The van der Waals surface area contributed by atoms with Crippen molar-refractivity contribution in [1.29, 1.82) is 0 Å². The Morgan fingerprint density at radius 1 is 0.846 bits per heavy atom. The van der Waals surface area contributed by atoms with E-state index in [0.29, 0.717) is 18.8 Å². The highest BCUT2D eigenvalue weighted by Crippen LogP contribution is 2.40. The molecule has 1 aliphatic carbocycles. The number of benzene rings is 3. The van der Waals surface area contributed by atoms with Gasteiger partial charge in [-0.3, -0.25) is 4.39 Å². The number of rotatable bonds is 8. The second-order valence-corrected chi connectivity index (χ2v) is 12.3. The van der Waals surface area contributed by atoms with Gasteiger partial charge in [-0.15, -0.1) is 0 Å². The number of halogens is 4. The Morgan fingerprint density at radius 3 is 2.18 bits per heavy atom. The minimum Gasteiger partial charge on any atom is -0.303 e. The number of allylic oxidation sites excluding steroid dienone is 1. The highest BCUT2D eigenvalue weighted by atomic mass is 32.2. The van der Waals surface area contributed by atoms with Crippen LogP contribution in [0.2, 0.25) is 0 Å². The Labute approximate surface area is 227 Å². The summed E-state index contributed by atoms with van der Waals surface area (Å²) in [6, 6.07) is 21.7. The van der Waals surface area contributed by atoms with E-state index in [2.05, 4.69) is 41.3 Å². The molecular formula is C31H31F4NO2S. The highest BCUT2D eigenvalue weighted by molar-refractivity contribution is 7.92. The van der Waals surface area contributed by atoms with Crippen LogP contribution in [0.25, 0.3) is 11.1 Å². The summed E-state index contributed by atoms with van der Waals surface area (Å²) in [7, 11) is -5.40. The summed E-state index contributed by atoms with van der Waals surface area (Å²) in [5, 5.41) is 0. The predicted octanol–water partition coefficient (Wildman–Crippen LogP) is 7.11. The zero-order valence-corrected chi connectivity index (χ0v) is 22.4. The minimum absolute atomic E-state index is 0.277. The zero-order chi connectivity index (χ0) is 27.6. The molecule has 39 heavy (non-hydrogen) atoms. The van der Waals surface area contributed by atoms with Gasteiger partial charge in [0.2, 0.25) is 0 Å². The summed E-state index contributed by atoms with van der Waals surface area (Å²) in [4.78, 5) is 1.53. The molecule has 8 heteroatoms. The lowest BCUT2D eigenvalue weighted by atomic mass is 9.86. The van der Waals surface area contributed by atoms with Crippen LogP contribution in [-0.2, 0) is 22.7 Å². The molecule has 0 saturated carbocycles. The number of aryl methyl sites for hydroxylation is 1. The Morgan fingerprint density at radius 2 is 1.51 bits per heavy atom. The standard InChI is InChI=1S/C31H31F4NO2S/c32-17-4-18-36-20-23(21-36)19-22-9-11-26(12-10-22)30-28-7-2-1-5-24(28)6-3-8-29(30)25-13-15-27(16-14-25)39(37,38)31(33,34)35/h1-2,5,7,9-16,23H,3-4,6,8,17-21H2. The van der Waals surface area contributed by atoms with Crippen molar-refractivity contribution in [2.75, 3.05) is 26.3 Å². The first-order valence-electron chi connectivity index (χ1n) is 13.3. The summed E-state index contributed by atoms with van der Waals surface area (Å²) in [6.07, 6.45) is 4.01. The fourth-order valence-electron chi connectivity index (χ4n) is 5.73. The first-order chi connectivity index (χ1) is 18.7. The van der Waals surface area contributed by atoms with E-state index in [9.17, 15) is 26.0 Å². The van der Waals surface area contributed by atoms with Gasteiger partial charge in [0, 0.05) is 19.6 Å². The van der Waals surface area contributed by atoms with Gasteiger partial charge in [0.15, 0.2) is 0 Å². The maximum atomic E-state index is 13.1. The Hall–Kier alpha value is -2.97. The lowest BCUT2D eigenvalue weighted by Crippen LogP contribution is -2.47. The molecule has 0 bridgehead atoms. The van der Waals surface area contributed by atoms with Crippen LogP contribution in [0.3, 0.4) is 0 Å². The topological polar surface area (TPSA) is 37.4 Å². The van der Waals surface area contributed by atoms with Gasteiger partial charge in [-0.05, 0) is 89.1 Å². The molecule has 206 valence electrons. The van der Waals surface area contributed by atoms with Crippen molar-refractivity contribution in [1.82, 2.24) is 4.90 Å². The van der Waals surface area contributed by atoms with Crippen molar-refractivity contribution in [3.63, 3.8) is 0 Å². The summed E-state index contributed by atoms with van der Waals surface area (Å²) in [5.41, 5.74) is 1.96. The Bertz CT molecular complexity index is 1440. The average molecular weight is 558 g/mol. The molecule has 2 aliphatic rings. The first kappa shape index (κ1) is 27.6. The van der Waals surface area contributed by atoms with Crippen LogP contribution in [0.15, 0.2) is 77.7 Å². The van der Waals surface area contributed by atoms with Crippen LogP contribution in [0, 0.1) is 5.92 Å². The van der Waals surface area contributed by atoms with Crippen molar-refractivity contribution in [2.45, 2.75) is 42.5 Å². The van der Waals surface area contributed by atoms with Crippen molar-refractivity contribution in [3.05, 3.63) is 101 Å². The van der Waals surface area contributed by atoms with E-state index in [0.717, 1.165) is 78.9 Å². The van der Waals surface area contributed by atoms with Gasteiger partial charge < -0.3 is 4.90 Å². The number of sulfone groups is 1. The van der Waals surface area contributed by atoms with Gasteiger partial charge in [0.05, 0.1) is 11.6 Å². The minimum atomic E-state index is -5.40. The molecule has 1 saturated heterocycles. The predicted molar refractivity (Wildman–Crippen MR) is 146 cm³/mol. The molecule has 5 rings (SSSR count). The van der Waals surface area contributed by atoms with E-state index in [-0.39, 0.29) is 6.67 Å². The van der Waals surface area contributed by atoms with E-state index >= 15 is 0 Å². The van der Waals surface area contributed by atoms with Crippen LogP contribution in [0.4, 0.5) is 17.6 Å².